The fourth-order valence-corrected chi connectivity index (χ4v) is 2.08. The average Bonchev–Trinajstić information content (AvgIpc) is 2.76. The Hall–Kier alpha value is -2.82. The first-order valence-corrected chi connectivity index (χ1v) is 5.71. The van der Waals surface area contributed by atoms with Crippen LogP contribution in [0.25, 0.3) is 16.6 Å². The molecule has 3 rings (SSSR count). The Morgan fingerprint density at radius 2 is 1.74 bits per heavy atom. The van der Waals surface area contributed by atoms with Gasteiger partial charge in [0, 0.05) is 0 Å². The van der Waals surface area contributed by atoms with Crippen molar-refractivity contribution in [1.29, 1.82) is 0 Å². The zero-order valence-electron chi connectivity index (χ0n) is 9.83. The van der Waals surface area contributed by atoms with Crippen LogP contribution in [-0.2, 0) is 0 Å². The van der Waals surface area contributed by atoms with Gasteiger partial charge in [0.05, 0.1) is 22.2 Å². The molecular formula is C14H10N2O3. The number of aromatic amines is 1. The molecule has 0 atom stereocenters. The first-order valence-electron chi connectivity index (χ1n) is 5.71. The summed E-state index contributed by atoms with van der Waals surface area (Å²) in [6.45, 7) is 0. The first-order chi connectivity index (χ1) is 9.18. The van der Waals surface area contributed by atoms with E-state index in [1.54, 1.807) is 36.4 Å². The third kappa shape index (κ3) is 1.72. The molecule has 0 bridgehead atoms. The molecule has 5 heteroatoms. The second-order valence-electron chi connectivity index (χ2n) is 4.12. The largest absolute Gasteiger partial charge is 0.478 e. The molecule has 0 saturated carbocycles. The maximum absolute atomic E-state index is 12.2. The van der Waals surface area contributed by atoms with Crippen molar-refractivity contribution >= 4 is 16.9 Å². The number of fused-ring (bicyclic) bond motifs is 1. The second kappa shape index (κ2) is 4.13. The van der Waals surface area contributed by atoms with Crippen molar-refractivity contribution in [2.75, 3.05) is 0 Å². The molecule has 0 radical (unpaired) electrons. The molecule has 1 heterocycles. The van der Waals surface area contributed by atoms with Crippen LogP contribution >= 0.6 is 0 Å². The number of nitrogens with zero attached hydrogens (tertiary/aromatic N) is 1. The maximum Gasteiger partial charge on any atom is 0.337 e. The van der Waals surface area contributed by atoms with Crippen LogP contribution in [0, 0.1) is 0 Å². The summed E-state index contributed by atoms with van der Waals surface area (Å²) in [5.74, 6) is -1.07. The van der Waals surface area contributed by atoms with E-state index in [2.05, 4.69) is 5.10 Å². The van der Waals surface area contributed by atoms with Gasteiger partial charge in [0.1, 0.15) is 0 Å². The summed E-state index contributed by atoms with van der Waals surface area (Å²) in [6.07, 6.45) is 0. The summed E-state index contributed by atoms with van der Waals surface area (Å²) >= 11 is 0. The van der Waals surface area contributed by atoms with Gasteiger partial charge in [-0.3, -0.25) is 9.89 Å². The van der Waals surface area contributed by atoms with E-state index in [1.807, 2.05) is 6.07 Å². The van der Waals surface area contributed by atoms with Gasteiger partial charge in [-0.05, 0) is 24.3 Å². The predicted octanol–water partition coefficient (Wildman–Crippen LogP) is 2.02. The smallest absolute Gasteiger partial charge is 0.337 e. The topological polar surface area (TPSA) is 75.1 Å². The predicted molar refractivity (Wildman–Crippen MR) is 70.9 cm³/mol. The standard InChI is InChI=1S/C14H10N2O3/c17-13-9-5-1-3-7-11(9)15-16(13)12-8-4-2-6-10(12)14(18)19/h1-8,15H,(H,18,19). The minimum Gasteiger partial charge on any atom is -0.478 e. The molecule has 2 N–H and O–H groups in total. The second-order valence-corrected chi connectivity index (χ2v) is 4.12. The quantitative estimate of drug-likeness (QED) is 0.734. The van der Waals surface area contributed by atoms with Crippen LogP contribution in [0.3, 0.4) is 0 Å². The Morgan fingerprint density at radius 1 is 1.05 bits per heavy atom. The Kier molecular flexibility index (Phi) is 2.45. The number of rotatable bonds is 2. The Morgan fingerprint density at radius 3 is 2.47 bits per heavy atom. The third-order valence-corrected chi connectivity index (χ3v) is 2.97. The molecule has 0 amide bonds. The molecule has 0 unspecified atom stereocenters. The van der Waals surface area contributed by atoms with E-state index in [0.717, 1.165) is 0 Å². The number of aromatic carboxylic acids is 1. The highest BCUT2D eigenvalue weighted by Crippen LogP contribution is 2.14. The number of carboxylic acids is 1. The molecule has 3 aromatic rings. The monoisotopic (exact) mass is 254 g/mol. The third-order valence-electron chi connectivity index (χ3n) is 2.97. The minimum atomic E-state index is -1.07. The number of nitrogens with one attached hydrogen (secondary N) is 1. The first kappa shape index (κ1) is 11.3. The van der Waals surface area contributed by atoms with Gasteiger partial charge in [-0.15, -0.1) is 0 Å². The van der Waals surface area contributed by atoms with E-state index in [9.17, 15) is 9.59 Å². The van der Waals surface area contributed by atoms with Crippen LogP contribution in [0.1, 0.15) is 10.4 Å². The van der Waals surface area contributed by atoms with E-state index in [1.165, 1.54) is 10.7 Å². The molecule has 2 aromatic carbocycles. The maximum atomic E-state index is 12.2. The summed E-state index contributed by atoms with van der Waals surface area (Å²) in [4.78, 5) is 23.4. The van der Waals surface area contributed by atoms with Crippen LogP contribution in [0.2, 0.25) is 0 Å². The van der Waals surface area contributed by atoms with Crippen molar-refractivity contribution in [3.8, 4) is 5.69 Å². The summed E-state index contributed by atoms with van der Waals surface area (Å²) < 4.78 is 1.26. The van der Waals surface area contributed by atoms with Crippen LogP contribution < -0.4 is 5.56 Å². The van der Waals surface area contributed by atoms with Gasteiger partial charge in [-0.2, -0.15) is 0 Å². The van der Waals surface area contributed by atoms with Crippen molar-refractivity contribution in [2.24, 2.45) is 0 Å². The Bertz CT molecular complexity index is 830. The number of aromatic nitrogens is 2. The van der Waals surface area contributed by atoms with Gasteiger partial charge in [-0.25, -0.2) is 9.48 Å². The molecule has 5 nitrogen and oxygen atoms in total. The molecule has 0 saturated heterocycles. The molecule has 0 aliphatic rings. The SMILES string of the molecule is O=C(O)c1ccccc1-n1[nH]c2ccccc2c1=O. The molecule has 19 heavy (non-hydrogen) atoms. The van der Waals surface area contributed by atoms with E-state index >= 15 is 0 Å². The molecule has 0 spiro atoms. The van der Waals surface area contributed by atoms with Crippen LogP contribution in [0.4, 0.5) is 0 Å². The summed E-state index contributed by atoms with van der Waals surface area (Å²) in [5, 5.41) is 12.6. The van der Waals surface area contributed by atoms with E-state index in [-0.39, 0.29) is 11.1 Å². The fourth-order valence-electron chi connectivity index (χ4n) is 2.08. The van der Waals surface area contributed by atoms with E-state index in [4.69, 9.17) is 5.11 Å². The van der Waals surface area contributed by atoms with Gasteiger partial charge >= 0.3 is 5.97 Å². The van der Waals surface area contributed by atoms with Crippen LogP contribution in [0.15, 0.2) is 53.3 Å². The van der Waals surface area contributed by atoms with Crippen molar-refractivity contribution in [2.45, 2.75) is 0 Å². The van der Waals surface area contributed by atoms with Gasteiger partial charge in [-0.1, -0.05) is 24.3 Å². The minimum absolute atomic E-state index is 0.0798. The lowest BCUT2D eigenvalue weighted by atomic mass is 10.2. The zero-order chi connectivity index (χ0) is 13.4. The van der Waals surface area contributed by atoms with Crippen molar-refractivity contribution in [3.63, 3.8) is 0 Å². The number of para-hydroxylation sites is 2. The highest BCUT2D eigenvalue weighted by Gasteiger charge is 2.14. The Labute approximate surface area is 107 Å². The lowest BCUT2D eigenvalue weighted by molar-refractivity contribution is 0.0696. The average molecular weight is 254 g/mol. The van der Waals surface area contributed by atoms with Crippen molar-refractivity contribution in [1.82, 2.24) is 9.78 Å². The van der Waals surface area contributed by atoms with Crippen LogP contribution in [-0.4, -0.2) is 20.9 Å². The highest BCUT2D eigenvalue weighted by atomic mass is 16.4. The lowest BCUT2D eigenvalue weighted by Crippen LogP contribution is -2.17. The summed E-state index contributed by atoms with van der Waals surface area (Å²) in [6, 6.07) is 13.4. The molecule has 1 aromatic heterocycles. The van der Waals surface area contributed by atoms with Gasteiger partial charge < -0.3 is 5.11 Å². The number of H-pyrrole nitrogens is 1. The van der Waals surface area contributed by atoms with E-state index < -0.39 is 5.97 Å². The highest BCUT2D eigenvalue weighted by molar-refractivity contribution is 5.92. The summed E-state index contributed by atoms with van der Waals surface area (Å²) in [7, 11) is 0. The zero-order valence-corrected chi connectivity index (χ0v) is 9.83. The lowest BCUT2D eigenvalue weighted by Gasteiger charge is -2.05. The molecule has 0 fully saturated rings. The van der Waals surface area contributed by atoms with Crippen LogP contribution in [0.5, 0.6) is 0 Å². The molecule has 0 aliphatic heterocycles. The number of carbonyl (C=O) groups is 1. The number of benzene rings is 2. The van der Waals surface area contributed by atoms with Gasteiger partial charge in [0.15, 0.2) is 0 Å². The normalized spacial score (nSPS) is 10.7. The molecular weight excluding hydrogens is 244 g/mol. The number of hydrogen-bond acceptors (Lipinski definition) is 2. The Balaban J connectivity index is 2.34. The fraction of sp³-hybridized carbons (Fsp3) is 0. The summed E-state index contributed by atoms with van der Waals surface area (Å²) in [5.41, 5.74) is 0.823. The van der Waals surface area contributed by atoms with Gasteiger partial charge in [0.2, 0.25) is 0 Å². The molecule has 0 aliphatic carbocycles. The number of hydrogen-bond donors (Lipinski definition) is 2. The number of carboxylic acid groups (broad SMARTS) is 1. The van der Waals surface area contributed by atoms with E-state index in [0.29, 0.717) is 16.6 Å². The van der Waals surface area contributed by atoms with Crippen molar-refractivity contribution < 1.29 is 9.90 Å². The molecule has 94 valence electrons. The van der Waals surface area contributed by atoms with Gasteiger partial charge in [0.25, 0.3) is 5.56 Å². The van der Waals surface area contributed by atoms with Crippen molar-refractivity contribution in [3.05, 3.63) is 64.4 Å².